The topological polar surface area (TPSA) is 87.0 Å². The van der Waals surface area contributed by atoms with Crippen LogP contribution in [0, 0.1) is 5.92 Å². The Hall–Kier alpha value is -2.69. The van der Waals surface area contributed by atoms with Gasteiger partial charge >= 0.3 is 0 Å². The van der Waals surface area contributed by atoms with Crippen molar-refractivity contribution in [2.75, 3.05) is 7.11 Å². The van der Waals surface area contributed by atoms with Gasteiger partial charge in [0, 0.05) is 12.0 Å². The smallest absolute Gasteiger partial charge is 0.169 e. The van der Waals surface area contributed by atoms with Crippen LogP contribution in [0.4, 0.5) is 0 Å². The van der Waals surface area contributed by atoms with Crippen molar-refractivity contribution in [1.82, 2.24) is 0 Å². The van der Waals surface area contributed by atoms with Crippen LogP contribution in [0.3, 0.4) is 0 Å². The van der Waals surface area contributed by atoms with Gasteiger partial charge < -0.3 is 20.1 Å². The Morgan fingerprint density at radius 3 is 2.39 bits per heavy atom. The van der Waals surface area contributed by atoms with E-state index in [2.05, 4.69) is 0 Å². The van der Waals surface area contributed by atoms with E-state index in [1.165, 1.54) is 19.2 Å². The quantitative estimate of drug-likeness (QED) is 0.712. The first-order valence-electron chi connectivity index (χ1n) is 7.38. The number of ether oxygens (including phenoxy) is 1. The highest BCUT2D eigenvalue weighted by Gasteiger charge is 2.22. The van der Waals surface area contributed by atoms with Crippen molar-refractivity contribution < 1.29 is 24.9 Å². The zero-order valence-electron chi connectivity index (χ0n) is 13.1. The van der Waals surface area contributed by atoms with Crippen LogP contribution in [0.5, 0.6) is 23.0 Å². The van der Waals surface area contributed by atoms with Gasteiger partial charge in [-0.15, -0.1) is 0 Å². The highest BCUT2D eigenvalue weighted by atomic mass is 16.5. The van der Waals surface area contributed by atoms with Gasteiger partial charge in [0.05, 0.1) is 12.7 Å². The zero-order chi connectivity index (χ0) is 17.0. The fraction of sp³-hybridized carbons (Fsp3) is 0.278. The van der Waals surface area contributed by atoms with Gasteiger partial charge in [-0.25, -0.2) is 0 Å². The van der Waals surface area contributed by atoms with Gasteiger partial charge in [-0.2, -0.15) is 0 Å². The van der Waals surface area contributed by atoms with Crippen molar-refractivity contribution in [3.63, 3.8) is 0 Å². The van der Waals surface area contributed by atoms with Gasteiger partial charge in [0.2, 0.25) is 0 Å². The lowest BCUT2D eigenvalue weighted by molar-refractivity contribution is 0.0913. The summed E-state index contributed by atoms with van der Waals surface area (Å²) in [6.07, 6.45) is 1.03. The number of benzene rings is 2. The molecular weight excluding hydrogens is 296 g/mol. The fourth-order valence-corrected chi connectivity index (χ4v) is 2.52. The summed E-state index contributed by atoms with van der Waals surface area (Å²) in [7, 11) is 1.47. The Morgan fingerprint density at radius 2 is 1.83 bits per heavy atom. The molecule has 3 N–H and O–H groups in total. The van der Waals surface area contributed by atoms with E-state index in [1.54, 1.807) is 18.2 Å². The molecule has 0 aromatic heterocycles. The molecule has 2 aromatic rings. The number of ketones is 1. The van der Waals surface area contributed by atoms with E-state index in [0.717, 1.165) is 11.6 Å². The van der Waals surface area contributed by atoms with E-state index in [-0.39, 0.29) is 34.5 Å². The molecular formula is C18H20O5. The molecule has 0 aliphatic carbocycles. The van der Waals surface area contributed by atoms with E-state index in [4.69, 9.17) is 4.74 Å². The van der Waals surface area contributed by atoms with Crippen LogP contribution < -0.4 is 4.74 Å². The molecule has 0 aliphatic heterocycles. The zero-order valence-corrected chi connectivity index (χ0v) is 13.1. The largest absolute Gasteiger partial charge is 0.508 e. The van der Waals surface area contributed by atoms with Crippen molar-refractivity contribution in [3.05, 3.63) is 47.5 Å². The highest BCUT2D eigenvalue weighted by molar-refractivity contribution is 6.00. The van der Waals surface area contributed by atoms with Crippen LogP contribution in [0.2, 0.25) is 0 Å². The lowest BCUT2D eigenvalue weighted by Gasteiger charge is -2.15. The van der Waals surface area contributed by atoms with Crippen LogP contribution in [-0.2, 0) is 6.42 Å². The van der Waals surface area contributed by atoms with Crippen molar-refractivity contribution >= 4 is 5.78 Å². The maximum absolute atomic E-state index is 12.6. The second-order valence-electron chi connectivity index (χ2n) is 5.38. The Balaban J connectivity index is 2.22. The molecule has 5 heteroatoms. The van der Waals surface area contributed by atoms with Gasteiger partial charge in [0.1, 0.15) is 11.5 Å². The minimum Gasteiger partial charge on any atom is -0.508 e. The number of hydrogen-bond acceptors (Lipinski definition) is 5. The number of Topliss-reactive ketones (excluding diaryl/α,β-unsaturated/α-hetero) is 1. The van der Waals surface area contributed by atoms with E-state index in [9.17, 15) is 20.1 Å². The molecule has 0 bridgehead atoms. The summed E-state index contributed by atoms with van der Waals surface area (Å²) >= 11 is 0. The molecule has 0 saturated carbocycles. The molecule has 0 radical (unpaired) electrons. The Kier molecular flexibility index (Phi) is 5.11. The molecule has 5 nitrogen and oxygen atoms in total. The SMILES string of the molecule is CCC(Cc1ccc(OC)c(O)c1)C(=O)c1ccc(O)cc1O. The standard InChI is InChI=1S/C18H20O5/c1-3-12(8-11-4-7-17(23-2)16(21)9-11)18(22)14-6-5-13(19)10-15(14)20/h4-7,9-10,12,19-21H,3,8H2,1-2H3. The van der Waals surface area contributed by atoms with Gasteiger partial charge in [0.15, 0.2) is 17.3 Å². The summed E-state index contributed by atoms with van der Waals surface area (Å²) in [5.41, 5.74) is 0.995. The lowest BCUT2D eigenvalue weighted by Crippen LogP contribution is -2.17. The highest BCUT2D eigenvalue weighted by Crippen LogP contribution is 2.30. The number of rotatable bonds is 6. The van der Waals surface area contributed by atoms with Crippen molar-refractivity contribution in [2.45, 2.75) is 19.8 Å². The minimum atomic E-state index is -0.335. The third-order valence-corrected chi connectivity index (χ3v) is 3.84. The number of methoxy groups -OCH3 is 1. The third-order valence-electron chi connectivity index (χ3n) is 3.84. The molecule has 23 heavy (non-hydrogen) atoms. The van der Waals surface area contributed by atoms with Crippen LogP contribution in [0.25, 0.3) is 0 Å². The molecule has 1 atom stereocenters. The van der Waals surface area contributed by atoms with Gasteiger partial charge in [-0.05, 0) is 42.7 Å². The minimum absolute atomic E-state index is 0.0276. The molecule has 0 saturated heterocycles. The van der Waals surface area contributed by atoms with E-state index in [1.807, 2.05) is 6.92 Å². The first kappa shape index (κ1) is 16.7. The van der Waals surface area contributed by atoms with Gasteiger partial charge in [0.25, 0.3) is 0 Å². The maximum atomic E-state index is 12.6. The lowest BCUT2D eigenvalue weighted by atomic mass is 9.89. The Bertz CT molecular complexity index is 709. The monoisotopic (exact) mass is 316 g/mol. The van der Waals surface area contributed by atoms with Gasteiger partial charge in [-0.1, -0.05) is 13.0 Å². The third kappa shape index (κ3) is 3.74. The average Bonchev–Trinajstić information content (AvgIpc) is 2.52. The van der Waals surface area contributed by atoms with Crippen molar-refractivity contribution in [3.8, 4) is 23.0 Å². The molecule has 0 heterocycles. The van der Waals surface area contributed by atoms with Gasteiger partial charge in [-0.3, -0.25) is 4.79 Å². The van der Waals surface area contributed by atoms with Crippen LogP contribution in [-0.4, -0.2) is 28.2 Å². The molecule has 122 valence electrons. The predicted molar refractivity (Wildman–Crippen MR) is 86.2 cm³/mol. The van der Waals surface area contributed by atoms with Crippen molar-refractivity contribution in [1.29, 1.82) is 0 Å². The number of aromatic hydroxyl groups is 3. The number of phenolic OH excluding ortho intramolecular Hbond substituents is 3. The normalized spacial score (nSPS) is 11.9. The number of phenols is 3. The Morgan fingerprint density at radius 1 is 1.09 bits per heavy atom. The van der Waals surface area contributed by atoms with E-state index in [0.29, 0.717) is 18.6 Å². The van der Waals surface area contributed by atoms with Crippen molar-refractivity contribution in [2.24, 2.45) is 5.92 Å². The van der Waals surface area contributed by atoms with E-state index < -0.39 is 0 Å². The Labute approximate surface area is 134 Å². The summed E-state index contributed by atoms with van der Waals surface area (Å²) < 4.78 is 5.00. The summed E-state index contributed by atoms with van der Waals surface area (Å²) in [5, 5.41) is 29.0. The molecule has 0 spiro atoms. The first-order chi connectivity index (χ1) is 11.0. The second-order valence-corrected chi connectivity index (χ2v) is 5.38. The number of carbonyl (C=O) groups excluding carboxylic acids is 1. The molecule has 0 fully saturated rings. The molecule has 2 rings (SSSR count). The summed E-state index contributed by atoms with van der Waals surface area (Å²) in [5.74, 6) is -0.444. The fourth-order valence-electron chi connectivity index (χ4n) is 2.52. The number of hydrogen-bond donors (Lipinski definition) is 3. The maximum Gasteiger partial charge on any atom is 0.169 e. The predicted octanol–water partition coefficient (Wildman–Crippen LogP) is 3.26. The molecule has 1 unspecified atom stereocenters. The second kappa shape index (κ2) is 7.05. The molecule has 0 amide bonds. The summed E-state index contributed by atoms with van der Waals surface area (Å²) in [4.78, 5) is 12.6. The summed E-state index contributed by atoms with van der Waals surface area (Å²) in [6, 6.07) is 8.97. The van der Waals surface area contributed by atoms with Crippen LogP contribution in [0.15, 0.2) is 36.4 Å². The molecule has 2 aromatic carbocycles. The first-order valence-corrected chi connectivity index (χ1v) is 7.38. The summed E-state index contributed by atoms with van der Waals surface area (Å²) in [6.45, 7) is 1.89. The van der Waals surface area contributed by atoms with Crippen LogP contribution >= 0.6 is 0 Å². The van der Waals surface area contributed by atoms with Crippen LogP contribution in [0.1, 0.15) is 29.3 Å². The average molecular weight is 316 g/mol. The number of carbonyl (C=O) groups is 1. The van der Waals surface area contributed by atoms with E-state index >= 15 is 0 Å². The molecule has 0 aliphatic rings.